The van der Waals surface area contributed by atoms with Crippen molar-refractivity contribution in [2.24, 2.45) is 17.8 Å². The average molecular weight is 343 g/mol. The lowest BCUT2D eigenvalue weighted by molar-refractivity contribution is -0.384. The van der Waals surface area contributed by atoms with Gasteiger partial charge < -0.3 is 9.80 Å². The normalized spacial score (nSPS) is 28.4. The van der Waals surface area contributed by atoms with E-state index in [4.69, 9.17) is 0 Å². The highest BCUT2D eigenvalue weighted by atomic mass is 16.6. The highest BCUT2D eigenvalue weighted by molar-refractivity contribution is 5.77. The fraction of sp³-hybridized carbons (Fsp3) is 0.632. The van der Waals surface area contributed by atoms with E-state index in [1.807, 2.05) is 15.9 Å². The number of para-hydroxylation sites is 2. The Bertz CT molecular complexity index is 670. The SMILES string of the molecule is O=C(CC1CC2CCC1C2)N1CCN(c2ccccc2[N+](=O)[O-])CC1. The third-order valence-electron chi connectivity index (χ3n) is 6.37. The molecule has 0 aromatic heterocycles. The highest BCUT2D eigenvalue weighted by Crippen LogP contribution is 2.49. The summed E-state index contributed by atoms with van der Waals surface area (Å²) in [5.74, 6) is 2.53. The molecule has 1 heterocycles. The number of amides is 1. The van der Waals surface area contributed by atoms with Gasteiger partial charge in [-0.05, 0) is 43.1 Å². The minimum atomic E-state index is -0.331. The summed E-state index contributed by atoms with van der Waals surface area (Å²) < 4.78 is 0. The zero-order valence-corrected chi connectivity index (χ0v) is 14.5. The maximum Gasteiger partial charge on any atom is 0.292 e. The lowest BCUT2D eigenvalue weighted by atomic mass is 9.86. The van der Waals surface area contributed by atoms with Gasteiger partial charge in [-0.1, -0.05) is 18.6 Å². The molecule has 1 aliphatic heterocycles. The number of nitro benzene ring substituents is 1. The van der Waals surface area contributed by atoms with Gasteiger partial charge in [0.15, 0.2) is 0 Å². The number of carbonyl (C=O) groups excluding carboxylic acids is 1. The molecule has 1 aromatic carbocycles. The molecular weight excluding hydrogens is 318 g/mol. The van der Waals surface area contributed by atoms with E-state index in [1.165, 1.54) is 25.7 Å². The summed E-state index contributed by atoms with van der Waals surface area (Å²) in [5.41, 5.74) is 0.803. The summed E-state index contributed by atoms with van der Waals surface area (Å²) in [5, 5.41) is 11.2. The predicted octanol–water partition coefficient (Wildman–Crippen LogP) is 3.07. The van der Waals surface area contributed by atoms with Crippen molar-refractivity contribution < 1.29 is 9.72 Å². The van der Waals surface area contributed by atoms with Gasteiger partial charge in [0.2, 0.25) is 5.91 Å². The zero-order chi connectivity index (χ0) is 17.4. The molecule has 4 rings (SSSR count). The topological polar surface area (TPSA) is 66.7 Å². The molecule has 3 fully saturated rings. The van der Waals surface area contributed by atoms with Crippen molar-refractivity contribution in [1.82, 2.24) is 4.90 Å². The van der Waals surface area contributed by atoms with Crippen LogP contribution in [0.4, 0.5) is 11.4 Å². The molecule has 25 heavy (non-hydrogen) atoms. The van der Waals surface area contributed by atoms with E-state index in [1.54, 1.807) is 18.2 Å². The first-order chi connectivity index (χ1) is 12.1. The Labute approximate surface area is 147 Å². The van der Waals surface area contributed by atoms with Crippen LogP contribution in [0.3, 0.4) is 0 Å². The van der Waals surface area contributed by atoms with Crippen LogP contribution in [-0.2, 0) is 4.79 Å². The Morgan fingerprint density at radius 1 is 1.12 bits per heavy atom. The van der Waals surface area contributed by atoms with Crippen LogP contribution in [0.25, 0.3) is 0 Å². The average Bonchev–Trinajstić information content (AvgIpc) is 3.25. The van der Waals surface area contributed by atoms with Crippen molar-refractivity contribution in [1.29, 1.82) is 0 Å². The first kappa shape index (κ1) is 16.4. The molecule has 6 nitrogen and oxygen atoms in total. The number of hydrogen-bond donors (Lipinski definition) is 0. The molecule has 1 aromatic rings. The van der Waals surface area contributed by atoms with Crippen LogP contribution in [0.5, 0.6) is 0 Å². The summed E-state index contributed by atoms with van der Waals surface area (Å²) in [7, 11) is 0. The lowest BCUT2D eigenvalue weighted by Crippen LogP contribution is -2.49. The Morgan fingerprint density at radius 3 is 2.52 bits per heavy atom. The minimum Gasteiger partial charge on any atom is -0.362 e. The van der Waals surface area contributed by atoms with E-state index >= 15 is 0 Å². The van der Waals surface area contributed by atoms with Gasteiger partial charge in [0.05, 0.1) is 4.92 Å². The zero-order valence-electron chi connectivity index (χ0n) is 14.5. The molecule has 2 bridgehead atoms. The van der Waals surface area contributed by atoms with Gasteiger partial charge >= 0.3 is 0 Å². The predicted molar refractivity (Wildman–Crippen MR) is 95.4 cm³/mol. The number of anilines is 1. The van der Waals surface area contributed by atoms with Crippen molar-refractivity contribution in [3.8, 4) is 0 Å². The van der Waals surface area contributed by atoms with Crippen LogP contribution < -0.4 is 4.90 Å². The molecule has 2 aliphatic carbocycles. The van der Waals surface area contributed by atoms with Crippen LogP contribution in [0, 0.1) is 27.9 Å². The minimum absolute atomic E-state index is 0.143. The van der Waals surface area contributed by atoms with Crippen molar-refractivity contribution in [3.63, 3.8) is 0 Å². The van der Waals surface area contributed by atoms with E-state index < -0.39 is 0 Å². The van der Waals surface area contributed by atoms with Crippen LogP contribution in [0.2, 0.25) is 0 Å². The number of fused-ring (bicyclic) bond motifs is 2. The van der Waals surface area contributed by atoms with Crippen LogP contribution in [-0.4, -0.2) is 41.9 Å². The number of benzene rings is 1. The summed E-state index contributed by atoms with van der Waals surface area (Å²) in [6.45, 7) is 2.64. The fourth-order valence-corrected chi connectivity index (χ4v) is 5.06. The third-order valence-corrected chi connectivity index (χ3v) is 6.37. The summed E-state index contributed by atoms with van der Waals surface area (Å²) >= 11 is 0. The quantitative estimate of drug-likeness (QED) is 0.622. The largest absolute Gasteiger partial charge is 0.362 e. The molecule has 1 amide bonds. The summed E-state index contributed by atoms with van der Waals surface area (Å²) in [4.78, 5) is 27.5. The number of nitrogens with zero attached hydrogens (tertiary/aromatic N) is 3. The molecule has 3 aliphatic rings. The van der Waals surface area contributed by atoms with Gasteiger partial charge in [-0.3, -0.25) is 14.9 Å². The number of carbonyl (C=O) groups is 1. The smallest absolute Gasteiger partial charge is 0.292 e. The van der Waals surface area contributed by atoms with Crippen molar-refractivity contribution >= 4 is 17.3 Å². The molecule has 1 saturated heterocycles. The lowest BCUT2D eigenvalue weighted by Gasteiger charge is -2.36. The second kappa shape index (κ2) is 6.65. The van der Waals surface area contributed by atoms with Gasteiger partial charge in [-0.15, -0.1) is 0 Å². The van der Waals surface area contributed by atoms with Crippen molar-refractivity contribution in [3.05, 3.63) is 34.4 Å². The van der Waals surface area contributed by atoms with E-state index in [0.29, 0.717) is 44.2 Å². The summed E-state index contributed by atoms with van der Waals surface area (Å²) in [6.07, 6.45) is 5.96. The molecule has 6 heteroatoms. The Hall–Kier alpha value is -2.11. The molecule has 2 saturated carbocycles. The molecular formula is C19H25N3O3. The molecule has 3 unspecified atom stereocenters. The second-order valence-corrected chi connectivity index (χ2v) is 7.75. The van der Waals surface area contributed by atoms with Crippen LogP contribution in [0.15, 0.2) is 24.3 Å². The summed E-state index contributed by atoms with van der Waals surface area (Å²) in [6, 6.07) is 6.86. The maximum atomic E-state index is 12.6. The van der Waals surface area contributed by atoms with Crippen molar-refractivity contribution in [2.45, 2.75) is 32.1 Å². The molecule has 134 valence electrons. The highest BCUT2D eigenvalue weighted by Gasteiger charge is 2.40. The van der Waals surface area contributed by atoms with Gasteiger partial charge in [0.25, 0.3) is 5.69 Å². The first-order valence-corrected chi connectivity index (χ1v) is 9.38. The van der Waals surface area contributed by atoms with E-state index in [9.17, 15) is 14.9 Å². The molecule has 0 spiro atoms. The Morgan fingerprint density at radius 2 is 1.88 bits per heavy atom. The number of piperazine rings is 1. The van der Waals surface area contributed by atoms with E-state index in [0.717, 1.165) is 11.8 Å². The molecule has 0 N–H and O–H groups in total. The maximum absolute atomic E-state index is 12.6. The number of rotatable bonds is 4. The Kier molecular flexibility index (Phi) is 4.36. The van der Waals surface area contributed by atoms with E-state index in [-0.39, 0.29) is 16.5 Å². The Balaban J connectivity index is 1.34. The third kappa shape index (κ3) is 3.22. The van der Waals surface area contributed by atoms with Gasteiger partial charge in [-0.2, -0.15) is 0 Å². The standard InChI is InChI=1S/C19H25N3O3/c23-19(13-16-12-14-5-6-15(16)11-14)21-9-7-20(8-10-21)17-3-1-2-4-18(17)22(24)25/h1-4,14-16H,5-13H2. The van der Waals surface area contributed by atoms with Gasteiger partial charge in [0.1, 0.15) is 5.69 Å². The molecule has 3 atom stereocenters. The first-order valence-electron chi connectivity index (χ1n) is 9.38. The number of hydrogen-bond acceptors (Lipinski definition) is 4. The van der Waals surface area contributed by atoms with Crippen LogP contribution >= 0.6 is 0 Å². The van der Waals surface area contributed by atoms with Crippen LogP contribution in [0.1, 0.15) is 32.1 Å². The fourth-order valence-electron chi connectivity index (χ4n) is 5.06. The van der Waals surface area contributed by atoms with Gasteiger partial charge in [-0.25, -0.2) is 0 Å². The van der Waals surface area contributed by atoms with E-state index in [2.05, 4.69) is 0 Å². The monoisotopic (exact) mass is 343 g/mol. The van der Waals surface area contributed by atoms with Crippen molar-refractivity contribution in [2.75, 3.05) is 31.1 Å². The number of nitro groups is 1. The molecule has 0 radical (unpaired) electrons. The van der Waals surface area contributed by atoms with Gasteiger partial charge in [0, 0.05) is 38.7 Å². The second-order valence-electron chi connectivity index (χ2n) is 7.75.